The van der Waals surface area contributed by atoms with Crippen LogP contribution in [0.25, 0.3) is 0 Å². The van der Waals surface area contributed by atoms with Crippen molar-refractivity contribution in [3.63, 3.8) is 0 Å². The Kier molecular flexibility index (Phi) is 4.24. The van der Waals surface area contributed by atoms with E-state index in [1.54, 1.807) is 23.1 Å². The number of rotatable bonds is 2. The first-order valence-electron chi connectivity index (χ1n) is 7.66. The molecule has 0 bridgehead atoms. The van der Waals surface area contributed by atoms with Gasteiger partial charge in [0.25, 0.3) is 5.91 Å². The summed E-state index contributed by atoms with van der Waals surface area (Å²) < 4.78 is 39.1. The molecule has 0 fully saturated rings. The molecule has 0 spiro atoms. The van der Waals surface area contributed by atoms with E-state index in [4.69, 9.17) is 0 Å². The van der Waals surface area contributed by atoms with Gasteiger partial charge in [0.2, 0.25) is 5.91 Å². The molecule has 0 aliphatic carbocycles. The van der Waals surface area contributed by atoms with E-state index in [1.807, 2.05) is 0 Å². The lowest BCUT2D eigenvalue weighted by Gasteiger charge is -2.15. The number of hydrogen-bond acceptors (Lipinski definition) is 2. The number of amides is 2. The molecule has 1 aliphatic heterocycles. The summed E-state index contributed by atoms with van der Waals surface area (Å²) in [4.78, 5) is 25.4. The number of alkyl halides is 3. The third-order valence-electron chi connectivity index (χ3n) is 4.09. The number of halogens is 3. The van der Waals surface area contributed by atoms with Gasteiger partial charge in [-0.2, -0.15) is 13.2 Å². The van der Waals surface area contributed by atoms with Gasteiger partial charge in [0.05, 0.1) is 11.1 Å². The van der Waals surface area contributed by atoms with Gasteiger partial charge < -0.3 is 10.2 Å². The van der Waals surface area contributed by atoms with E-state index in [-0.39, 0.29) is 5.91 Å². The topological polar surface area (TPSA) is 49.4 Å². The summed E-state index contributed by atoms with van der Waals surface area (Å²) >= 11 is 0. The zero-order valence-electron chi connectivity index (χ0n) is 13.4. The van der Waals surface area contributed by atoms with Crippen LogP contribution < -0.4 is 10.2 Å². The first-order chi connectivity index (χ1) is 11.8. The van der Waals surface area contributed by atoms with Gasteiger partial charge in [-0.05, 0) is 42.3 Å². The predicted octanol–water partition coefficient (Wildman–Crippen LogP) is 3.87. The van der Waals surface area contributed by atoms with Crippen LogP contribution in [0.3, 0.4) is 0 Å². The minimum absolute atomic E-state index is 0.0744. The van der Waals surface area contributed by atoms with Crippen LogP contribution >= 0.6 is 0 Å². The third kappa shape index (κ3) is 3.35. The summed E-state index contributed by atoms with van der Waals surface area (Å²) in [5.41, 5.74) is 0.627. The maximum absolute atomic E-state index is 13.0. The van der Waals surface area contributed by atoms with Crippen LogP contribution in [-0.2, 0) is 17.4 Å². The maximum Gasteiger partial charge on any atom is 0.417 e. The lowest BCUT2D eigenvalue weighted by molar-refractivity contribution is -0.137. The van der Waals surface area contributed by atoms with Gasteiger partial charge >= 0.3 is 6.18 Å². The molecular formula is C18H15F3N2O2. The number of nitrogens with one attached hydrogen (secondary N) is 1. The lowest BCUT2D eigenvalue weighted by atomic mass is 10.1. The van der Waals surface area contributed by atoms with E-state index < -0.39 is 23.2 Å². The van der Waals surface area contributed by atoms with Crippen molar-refractivity contribution in [2.45, 2.75) is 19.5 Å². The van der Waals surface area contributed by atoms with Gasteiger partial charge in [0, 0.05) is 24.8 Å². The molecule has 0 aromatic heterocycles. The molecule has 1 heterocycles. The first kappa shape index (κ1) is 17.0. The summed E-state index contributed by atoms with van der Waals surface area (Å²) in [7, 11) is 0. The van der Waals surface area contributed by atoms with E-state index >= 15 is 0 Å². The van der Waals surface area contributed by atoms with Gasteiger partial charge in [-0.3, -0.25) is 9.59 Å². The molecule has 0 saturated carbocycles. The fourth-order valence-electron chi connectivity index (χ4n) is 2.93. The summed E-state index contributed by atoms with van der Waals surface area (Å²) in [6.07, 6.45) is -3.97. The molecular weight excluding hydrogens is 333 g/mol. The van der Waals surface area contributed by atoms with Gasteiger partial charge in [-0.15, -0.1) is 0 Å². The second-order valence-corrected chi connectivity index (χ2v) is 5.76. The number of anilines is 2. The largest absolute Gasteiger partial charge is 0.417 e. The molecule has 1 N–H and O–H groups in total. The standard InChI is InChI=1S/C18H15F3N2O2/c1-11(24)23-9-8-12-10-13(6-7-16(12)23)22-17(25)14-4-2-3-5-15(14)18(19,20)21/h2-7,10H,8-9H2,1H3,(H,22,25). The molecule has 2 aromatic rings. The lowest BCUT2D eigenvalue weighted by Crippen LogP contribution is -2.25. The van der Waals surface area contributed by atoms with Crippen LogP contribution in [0.15, 0.2) is 42.5 Å². The SMILES string of the molecule is CC(=O)N1CCc2cc(NC(=O)c3ccccc3C(F)(F)F)ccc21. The Balaban J connectivity index is 1.85. The second-order valence-electron chi connectivity index (χ2n) is 5.76. The van der Waals surface area contributed by atoms with Crippen LogP contribution in [0.4, 0.5) is 24.5 Å². The van der Waals surface area contributed by atoms with Crippen molar-refractivity contribution >= 4 is 23.2 Å². The monoisotopic (exact) mass is 348 g/mol. The Hall–Kier alpha value is -2.83. The minimum atomic E-state index is -4.60. The highest BCUT2D eigenvalue weighted by molar-refractivity contribution is 6.05. The zero-order chi connectivity index (χ0) is 18.2. The van der Waals surface area contributed by atoms with Gasteiger partial charge in [0.1, 0.15) is 0 Å². The van der Waals surface area contributed by atoms with Crippen LogP contribution in [0.5, 0.6) is 0 Å². The molecule has 2 aromatic carbocycles. The Morgan fingerprint density at radius 1 is 1.12 bits per heavy atom. The van der Waals surface area contributed by atoms with Crippen molar-refractivity contribution in [2.75, 3.05) is 16.8 Å². The fourth-order valence-corrected chi connectivity index (χ4v) is 2.93. The molecule has 2 amide bonds. The normalized spacial score (nSPS) is 13.5. The van der Waals surface area contributed by atoms with E-state index in [0.29, 0.717) is 18.7 Å². The van der Waals surface area contributed by atoms with Crippen LogP contribution in [-0.4, -0.2) is 18.4 Å². The molecule has 0 saturated heterocycles. The van der Waals surface area contributed by atoms with Crippen LogP contribution in [0.1, 0.15) is 28.4 Å². The molecule has 4 nitrogen and oxygen atoms in total. The Labute approximate surface area is 142 Å². The number of nitrogens with zero attached hydrogens (tertiary/aromatic N) is 1. The Morgan fingerprint density at radius 2 is 1.84 bits per heavy atom. The van der Waals surface area contributed by atoms with E-state index in [9.17, 15) is 22.8 Å². The van der Waals surface area contributed by atoms with Crippen LogP contribution in [0, 0.1) is 0 Å². The number of hydrogen-bond donors (Lipinski definition) is 1. The third-order valence-corrected chi connectivity index (χ3v) is 4.09. The highest BCUT2D eigenvalue weighted by Crippen LogP contribution is 2.33. The molecule has 7 heteroatoms. The number of fused-ring (bicyclic) bond motifs is 1. The summed E-state index contributed by atoms with van der Waals surface area (Å²) in [5, 5.41) is 2.50. The van der Waals surface area contributed by atoms with Gasteiger partial charge in [-0.1, -0.05) is 12.1 Å². The second kappa shape index (κ2) is 6.23. The molecule has 1 aliphatic rings. The highest BCUT2D eigenvalue weighted by Gasteiger charge is 2.34. The first-order valence-corrected chi connectivity index (χ1v) is 7.66. The van der Waals surface area contributed by atoms with Crippen molar-refractivity contribution in [3.05, 3.63) is 59.2 Å². The fraction of sp³-hybridized carbons (Fsp3) is 0.222. The summed E-state index contributed by atoms with van der Waals surface area (Å²) in [6.45, 7) is 2.03. The quantitative estimate of drug-likeness (QED) is 0.896. The van der Waals surface area contributed by atoms with Gasteiger partial charge in [-0.25, -0.2) is 0 Å². The van der Waals surface area contributed by atoms with Crippen LogP contribution in [0.2, 0.25) is 0 Å². The van der Waals surface area contributed by atoms with Crippen molar-refractivity contribution in [1.29, 1.82) is 0 Å². The zero-order valence-corrected chi connectivity index (χ0v) is 13.4. The van der Waals surface area contributed by atoms with E-state index in [1.165, 1.54) is 19.1 Å². The van der Waals surface area contributed by atoms with Crippen molar-refractivity contribution in [1.82, 2.24) is 0 Å². The molecule has 0 unspecified atom stereocenters. The number of carbonyl (C=O) groups is 2. The molecule has 3 rings (SSSR count). The maximum atomic E-state index is 13.0. The molecule has 25 heavy (non-hydrogen) atoms. The smallest absolute Gasteiger partial charge is 0.322 e. The van der Waals surface area contributed by atoms with E-state index in [2.05, 4.69) is 5.32 Å². The number of carbonyl (C=O) groups excluding carboxylic acids is 2. The van der Waals surface area contributed by atoms with E-state index in [0.717, 1.165) is 23.4 Å². The van der Waals surface area contributed by atoms with Crippen molar-refractivity contribution < 1.29 is 22.8 Å². The van der Waals surface area contributed by atoms with Gasteiger partial charge in [0.15, 0.2) is 0 Å². The summed E-state index contributed by atoms with van der Waals surface area (Å²) in [5.74, 6) is -0.899. The average molecular weight is 348 g/mol. The average Bonchev–Trinajstić information content (AvgIpc) is 2.97. The Bertz CT molecular complexity index is 846. The Morgan fingerprint density at radius 3 is 2.52 bits per heavy atom. The highest BCUT2D eigenvalue weighted by atomic mass is 19.4. The molecule has 0 atom stereocenters. The summed E-state index contributed by atoms with van der Waals surface area (Å²) in [6, 6.07) is 9.60. The minimum Gasteiger partial charge on any atom is -0.322 e. The number of benzene rings is 2. The van der Waals surface area contributed by atoms with Crippen molar-refractivity contribution in [3.8, 4) is 0 Å². The van der Waals surface area contributed by atoms with Crippen molar-refractivity contribution in [2.24, 2.45) is 0 Å². The predicted molar refractivity (Wildman–Crippen MR) is 87.6 cm³/mol. The molecule has 0 radical (unpaired) electrons. The molecule has 130 valence electrons.